The Labute approximate surface area is 186 Å². The number of nitro groups is 1. The molecule has 33 heavy (non-hydrogen) atoms. The Morgan fingerprint density at radius 2 is 1.58 bits per heavy atom. The van der Waals surface area contributed by atoms with Crippen molar-refractivity contribution in [3.63, 3.8) is 0 Å². The Morgan fingerprint density at radius 1 is 0.909 bits per heavy atom. The van der Waals surface area contributed by atoms with Crippen LogP contribution < -0.4 is 10.3 Å². The molecule has 170 valence electrons. The van der Waals surface area contributed by atoms with Crippen molar-refractivity contribution in [1.82, 2.24) is 0 Å². The summed E-state index contributed by atoms with van der Waals surface area (Å²) >= 11 is 0. The van der Waals surface area contributed by atoms with E-state index in [0.717, 1.165) is 38.8 Å². The first-order chi connectivity index (χ1) is 15.5. The van der Waals surface area contributed by atoms with Crippen LogP contribution in [0.1, 0.15) is 11.1 Å². The van der Waals surface area contributed by atoms with E-state index >= 15 is 0 Å². The molecule has 0 aliphatic rings. The zero-order valence-electron chi connectivity index (χ0n) is 17.7. The predicted octanol–water partition coefficient (Wildman–Crippen LogP) is 5.24. The fourth-order valence-corrected chi connectivity index (χ4v) is 3.40. The number of benzene rings is 3. The van der Waals surface area contributed by atoms with E-state index in [1.807, 2.05) is 62.4 Å². The molecule has 4 aromatic rings. The normalized spacial score (nSPS) is 11.8. The number of rotatable bonds is 3. The minimum Gasteiger partial charge on any atom is -0.456 e. The van der Waals surface area contributed by atoms with Crippen LogP contribution in [-0.2, 0) is 0 Å². The third-order valence-corrected chi connectivity index (χ3v) is 4.60. The number of nitro benzene ring substituents is 1. The second-order valence-corrected chi connectivity index (χ2v) is 7.27. The molecule has 0 radical (unpaired) electrons. The fraction of sp³-hybridized carbons (Fsp3) is 0.0870. The second kappa shape index (κ2) is 9.68. The number of aryl methyl sites for hydroxylation is 2. The minimum absolute atomic E-state index is 0.0470. The number of fused-ring (bicyclic) bond motifs is 1. The van der Waals surface area contributed by atoms with Gasteiger partial charge in [-0.05, 0) is 37.1 Å². The molecular weight excluding hydrogens is 439 g/mol. The van der Waals surface area contributed by atoms with Crippen molar-refractivity contribution in [2.24, 2.45) is 0 Å². The molecule has 0 saturated heterocycles. The summed E-state index contributed by atoms with van der Waals surface area (Å²) in [6, 6.07) is 22.4. The van der Waals surface area contributed by atoms with Gasteiger partial charge >= 0.3 is 7.25 Å². The van der Waals surface area contributed by atoms with Crippen LogP contribution >= 0.6 is 0 Å². The van der Waals surface area contributed by atoms with Crippen molar-refractivity contribution < 1.29 is 31.6 Å². The lowest BCUT2D eigenvalue weighted by atomic mass is 10.0. The van der Waals surface area contributed by atoms with Crippen molar-refractivity contribution in [1.29, 1.82) is 0 Å². The highest BCUT2D eigenvalue weighted by Gasteiger charge is 2.20. The monoisotopic (exact) mass is 458 g/mol. The Bertz CT molecular complexity index is 1360. The molecule has 3 aromatic carbocycles. The van der Waals surface area contributed by atoms with E-state index in [1.54, 1.807) is 6.07 Å². The van der Waals surface area contributed by atoms with Gasteiger partial charge in [0.1, 0.15) is 11.3 Å². The van der Waals surface area contributed by atoms with Crippen molar-refractivity contribution >= 4 is 29.6 Å². The first-order valence-corrected chi connectivity index (χ1v) is 9.83. The van der Waals surface area contributed by atoms with E-state index < -0.39 is 12.2 Å². The Morgan fingerprint density at radius 3 is 2.21 bits per heavy atom. The van der Waals surface area contributed by atoms with Crippen LogP contribution in [0.3, 0.4) is 0 Å². The molecule has 0 saturated carbocycles. The summed E-state index contributed by atoms with van der Waals surface area (Å²) < 4.78 is 45.2. The standard InChI is InChI=1S/C23H18N2O3.BF4/c1-15-11-16(2)23-20(24-18-9-6-10-19(13-18)25(26)27)14-21(28-22(23)12-15)17-7-4-3-5-8-17;2-1(3,4)5/h3-14H,1-2H3;/q;-1/p+1. The molecule has 1 aromatic heterocycles. The quantitative estimate of drug-likeness (QED) is 0.198. The van der Waals surface area contributed by atoms with Gasteiger partial charge in [-0.3, -0.25) is 10.1 Å². The van der Waals surface area contributed by atoms with Crippen LogP contribution in [0.2, 0.25) is 0 Å². The summed E-state index contributed by atoms with van der Waals surface area (Å²) in [7, 11) is -6.00. The van der Waals surface area contributed by atoms with E-state index in [9.17, 15) is 27.4 Å². The average molecular weight is 458 g/mol. The predicted molar refractivity (Wildman–Crippen MR) is 118 cm³/mol. The lowest BCUT2D eigenvalue weighted by Crippen LogP contribution is -2.70. The third-order valence-electron chi connectivity index (χ3n) is 4.60. The highest BCUT2D eigenvalue weighted by molar-refractivity contribution is 6.50. The third kappa shape index (κ3) is 6.52. The molecular formula is C23H19BF4N2O3. The molecule has 5 nitrogen and oxygen atoms in total. The van der Waals surface area contributed by atoms with Gasteiger partial charge < -0.3 is 21.7 Å². The number of non-ortho nitro benzene ring substituents is 1. The van der Waals surface area contributed by atoms with Crippen LogP contribution in [0.15, 0.2) is 77.2 Å². The zero-order chi connectivity index (χ0) is 24.2. The van der Waals surface area contributed by atoms with Gasteiger partial charge in [-0.15, -0.1) is 0 Å². The van der Waals surface area contributed by atoms with Crippen LogP contribution in [0, 0.1) is 24.0 Å². The maximum atomic E-state index is 11.1. The van der Waals surface area contributed by atoms with Crippen molar-refractivity contribution in [3.05, 3.63) is 99.4 Å². The summed E-state index contributed by atoms with van der Waals surface area (Å²) in [5.41, 5.74) is 4.62. The molecule has 0 spiro atoms. The lowest BCUT2D eigenvalue weighted by molar-refractivity contribution is -0.405. The van der Waals surface area contributed by atoms with Crippen molar-refractivity contribution in [3.8, 4) is 11.3 Å². The van der Waals surface area contributed by atoms with Crippen LogP contribution in [0.5, 0.6) is 0 Å². The number of nitrogens with one attached hydrogen (secondary N) is 1. The number of nitrogens with zero attached hydrogens (tertiary/aromatic N) is 1. The molecule has 0 aliphatic heterocycles. The Hall–Kier alpha value is -3.95. The SMILES string of the molecule is Cc1cc(C)c2c(=[NH+]c3cccc([N+](=O)[O-])c3)cc(-c3ccccc3)oc2c1.F[B-](F)(F)F. The van der Waals surface area contributed by atoms with Gasteiger partial charge in [-0.25, -0.2) is 4.99 Å². The van der Waals surface area contributed by atoms with E-state index in [0.29, 0.717) is 5.69 Å². The number of halogens is 4. The van der Waals surface area contributed by atoms with Gasteiger partial charge in [-0.1, -0.05) is 36.4 Å². The minimum atomic E-state index is -6.00. The van der Waals surface area contributed by atoms with Crippen LogP contribution in [0.25, 0.3) is 22.3 Å². The second-order valence-electron chi connectivity index (χ2n) is 7.27. The molecule has 0 unspecified atom stereocenters. The Kier molecular flexibility index (Phi) is 6.96. The highest BCUT2D eigenvalue weighted by Crippen LogP contribution is 2.24. The van der Waals surface area contributed by atoms with E-state index in [-0.39, 0.29) is 5.69 Å². The summed E-state index contributed by atoms with van der Waals surface area (Å²) in [4.78, 5) is 14.1. The van der Waals surface area contributed by atoms with Gasteiger partial charge in [0.2, 0.25) is 11.0 Å². The highest BCUT2D eigenvalue weighted by atomic mass is 19.5. The molecule has 4 rings (SSSR count). The molecule has 0 bridgehead atoms. The van der Waals surface area contributed by atoms with Gasteiger partial charge in [0, 0.05) is 17.7 Å². The van der Waals surface area contributed by atoms with Crippen LogP contribution in [-0.4, -0.2) is 12.2 Å². The molecule has 10 heteroatoms. The first-order valence-electron chi connectivity index (χ1n) is 9.83. The van der Waals surface area contributed by atoms with Crippen LogP contribution in [0.4, 0.5) is 28.6 Å². The van der Waals surface area contributed by atoms with Gasteiger partial charge in [0.25, 0.3) is 5.69 Å². The number of hydrogen-bond donors (Lipinski definition) is 1. The largest absolute Gasteiger partial charge is 0.673 e. The topological polar surface area (TPSA) is 70.2 Å². The van der Waals surface area contributed by atoms with E-state index in [4.69, 9.17) is 4.42 Å². The average Bonchev–Trinajstić information content (AvgIpc) is 2.72. The molecule has 0 aliphatic carbocycles. The van der Waals surface area contributed by atoms with Crippen molar-refractivity contribution in [2.75, 3.05) is 0 Å². The molecule has 1 heterocycles. The summed E-state index contributed by atoms with van der Waals surface area (Å²) in [5, 5.41) is 12.9. The van der Waals surface area contributed by atoms with E-state index in [1.165, 1.54) is 12.1 Å². The number of hydrogen-bond acceptors (Lipinski definition) is 3. The molecule has 0 atom stereocenters. The zero-order valence-corrected chi connectivity index (χ0v) is 17.7. The summed E-state index contributed by atoms with van der Waals surface area (Å²) in [5.74, 6) is 0.728. The van der Waals surface area contributed by atoms with Gasteiger partial charge in [-0.2, -0.15) is 0 Å². The van der Waals surface area contributed by atoms with Gasteiger partial charge in [0.05, 0.1) is 22.4 Å². The maximum Gasteiger partial charge on any atom is 0.673 e. The van der Waals surface area contributed by atoms with Gasteiger partial charge in [0.15, 0.2) is 0 Å². The lowest BCUT2D eigenvalue weighted by Gasteiger charge is -2.06. The smallest absolute Gasteiger partial charge is 0.456 e. The molecule has 0 fully saturated rings. The Balaban J connectivity index is 0.000000555. The maximum absolute atomic E-state index is 11.1. The summed E-state index contributed by atoms with van der Waals surface area (Å²) in [6.45, 7) is 4.07. The first kappa shape index (κ1) is 23.7. The molecule has 0 amide bonds. The van der Waals surface area contributed by atoms with E-state index in [2.05, 4.69) is 11.1 Å². The molecule has 1 N–H and O–H groups in total. The summed E-state index contributed by atoms with van der Waals surface area (Å²) in [6.07, 6.45) is 0. The van der Waals surface area contributed by atoms with Crippen molar-refractivity contribution in [2.45, 2.75) is 13.8 Å². The fourth-order valence-electron chi connectivity index (χ4n) is 3.40.